The Labute approximate surface area is 170 Å². The third-order valence-electron chi connectivity index (χ3n) is 4.76. The van der Waals surface area contributed by atoms with Crippen molar-refractivity contribution in [3.63, 3.8) is 0 Å². The average molecular weight is 417 g/mol. The number of anilines is 1. The van der Waals surface area contributed by atoms with Crippen LogP contribution in [0.5, 0.6) is 0 Å². The van der Waals surface area contributed by atoms with E-state index in [0.29, 0.717) is 5.13 Å². The predicted octanol–water partition coefficient (Wildman–Crippen LogP) is 2.97. The molecule has 11 heteroatoms. The highest BCUT2D eigenvalue weighted by Crippen LogP contribution is 2.31. The summed E-state index contributed by atoms with van der Waals surface area (Å²) in [5, 5.41) is 23.0. The van der Waals surface area contributed by atoms with E-state index in [1.54, 1.807) is 0 Å². The van der Waals surface area contributed by atoms with Crippen molar-refractivity contribution in [2.75, 3.05) is 11.9 Å². The number of benzene rings is 1. The summed E-state index contributed by atoms with van der Waals surface area (Å²) in [4.78, 5) is 48.4. The summed E-state index contributed by atoms with van der Waals surface area (Å²) in [6.07, 6.45) is 1.69. The standard InChI is InChI=1S/C18H19N5O5S/c1-3-10(4-2)15-20-21-18(29-15)19-13(24)8-9-22-16(25)11-6-5-7-12(23(27)28)14(11)17(22)26/h5-7,10H,3-4,8-9H2,1-2H3,(H,19,21,24). The molecule has 0 radical (unpaired) electrons. The Kier molecular flexibility index (Phi) is 5.97. The molecule has 1 N–H and O–H groups in total. The zero-order valence-corrected chi connectivity index (χ0v) is 16.7. The normalized spacial score (nSPS) is 13.1. The number of hydrogen-bond acceptors (Lipinski definition) is 8. The van der Waals surface area contributed by atoms with Gasteiger partial charge in [0.05, 0.1) is 10.5 Å². The molecule has 3 rings (SSSR count). The molecule has 0 bridgehead atoms. The third kappa shape index (κ3) is 3.99. The van der Waals surface area contributed by atoms with Crippen LogP contribution in [0.4, 0.5) is 10.8 Å². The highest BCUT2D eigenvalue weighted by molar-refractivity contribution is 7.15. The minimum Gasteiger partial charge on any atom is -0.300 e. The second-order valence-electron chi connectivity index (χ2n) is 6.48. The maximum atomic E-state index is 12.5. The maximum absolute atomic E-state index is 12.5. The Balaban J connectivity index is 1.64. The van der Waals surface area contributed by atoms with Crippen LogP contribution in [0.15, 0.2) is 18.2 Å². The van der Waals surface area contributed by atoms with Gasteiger partial charge in [0.25, 0.3) is 17.5 Å². The lowest BCUT2D eigenvalue weighted by Gasteiger charge is -2.12. The molecule has 0 spiro atoms. The number of rotatable bonds is 8. The van der Waals surface area contributed by atoms with E-state index in [4.69, 9.17) is 0 Å². The zero-order valence-electron chi connectivity index (χ0n) is 15.9. The van der Waals surface area contributed by atoms with E-state index < -0.39 is 28.3 Å². The number of imide groups is 1. The topological polar surface area (TPSA) is 135 Å². The number of nitrogens with zero attached hydrogens (tertiary/aromatic N) is 4. The molecule has 1 aliphatic rings. The largest absolute Gasteiger partial charge is 0.300 e. The second kappa shape index (κ2) is 8.43. The summed E-state index contributed by atoms with van der Waals surface area (Å²) in [5.41, 5.74) is -0.680. The van der Waals surface area contributed by atoms with Crippen LogP contribution in [-0.4, -0.2) is 44.3 Å². The molecule has 0 unspecified atom stereocenters. The van der Waals surface area contributed by atoms with Crippen molar-refractivity contribution in [2.45, 2.75) is 39.0 Å². The number of carbonyl (C=O) groups is 3. The van der Waals surface area contributed by atoms with Crippen molar-refractivity contribution in [1.29, 1.82) is 0 Å². The zero-order chi connectivity index (χ0) is 21.1. The van der Waals surface area contributed by atoms with Crippen molar-refractivity contribution in [2.24, 2.45) is 0 Å². The van der Waals surface area contributed by atoms with E-state index in [0.717, 1.165) is 22.7 Å². The maximum Gasteiger partial charge on any atom is 0.282 e. The van der Waals surface area contributed by atoms with Crippen molar-refractivity contribution < 1.29 is 19.3 Å². The molecule has 3 amide bonds. The summed E-state index contributed by atoms with van der Waals surface area (Å²) in [5.74, 6) is -1.55. The molecule has 29 heavy (non-hydrogen) atoms. The van der Waals surface area contributed by atoms with Gasteiger partial charge in [-0.1, -0.05) is 31.3 Å². The van der Waals surface area contributed by atoms with Crippen LogP contribution >= 0.6 is 11.3 Å². The molecule has 1 aromatic carbocycles. The number of aromatic nitrogens is 2. The molecule has 10 nitrogen and oxygen atoms in total. The highest BCUT2D eigenvalue weighted by atomic mass is 32.1. The first kappa shape index (κ1) is 20.5. The van der Waals surface area contributed by atoms with Gasteiger partial charge in [0.2, 0.25) is 11.0 Å². The fourth-order valence-corrected chi connectivity index (χ4v) is 4.18. The van der Waals surface area contributed by atoms with Crippen molar-refractivity contribution in [3.8, 4) is 0 Å². The lowest BCUT2D eigenvalue weighted by Crippen LogP contribution is -2.33. The van der Waals surface area contributed by atoms with E-state index >= 15 is 0 Å². The average Bonchev–Trinajstić information content (AvgIpc) is 3.24. The third-order valence-corrected chi connectivity index (χ3v) is 5.76. The smallest absolute Gasteiger partial charge is 0.282 e. The van der Waals surface area contributed by atoms with Gasteiger partial charge in [-0.2, -0.15) is 0 Å². The van der Waals surface area contributed by atoms with Gasteiger partial charge in [-0.3, -0.25) is 29.4 Å². The lowest BCUT2D eigenvalue weighted by atomic mass is 10.1. The van der Waals surface area contributed by atoms with E-state index in [1.165, 1.54) is 29.5 Å². The number of fused-ring (bicyclic) bond motifs is 1. The van der Waals surface area contributed by atoms with Gasteiger partial charge in [-0.05, 0) is 18.9 Å². The molecule has 0 aliphatic carbocycles. The van der Waals surface area contributed by atoms with Crippen LogP contribution in [0.2, 0.25) is 0 Å². The van der Waals surface area contributed by atoms with Crippen LogP contribution in [0.25, 0.3) is 0 Å². The van der Waals surface area contributed by atoms with E-state index in [9.17, 15) is 24.5 Å². The fraction of sp³-hybridized carbons (Fsp3) is 0.389. The van der Waals surface area contributed by atoms with Crippen LogP contribution in [0, 0.1) is 10.1 Å². The van der Waals surface area contributed by atoms with Crippen LogP contribution in [-0.2, 0) is 4.79 Å². The minimum atomic E-state index is -0.767. The summed E-state index contributed by atoms with van der Waals surface area (Å²) < 4.78 is 0. The fourth-order valence-electron chi connectivity index (χ4n) is 3.15. The van der Waals surface area contributed by atoms with Gasteiger partial charge in [-0.25, -0.2) is 0 Å². The Morgan fingerprint density at radius 3 is 2.62 bits per heavy atom. The highest BCUT2D eigenvalue weighted by Gasteiger charge is 2.40. The SMILES string of the molecule is CCC(CC)c1nnc(NC(=O)CCN2C(=O)c3cccc([N+](=O)[O-])c3C2=O)s1. The van der Waals surface area contributed by atoms with Crippen molar-refractivity contribution in [3.05, 3.63) is 44.4 Å². The van der Waals surface area contributed by atoms with Crippen LogP contribution in [0.3, 0.4) is 0 Å². The van der Waals surface area contributed by atoms with Gasteiger partial charge >= 0.3 is 0 Å². The van der Waals surface area contributed by atoms with Gasteiger partial charge in [0.15, 0.2) is 0 Å². The number of nitrogens with one attached hydrogen (secondary N) is 1. The van der Waals surface area contributed by atoms with Gasteiger partial charge in [-0.15, -0.1) is 10.2 Å². The van der Waals surface area contributed by atoms with Crippen LogP contribution < -0.4 is 5.32 Å². The molecule has 0 atom stereocenters. The summed E-state index contributed by atoms with van der Waals surface area (Å²) >= 11 is 1.30. The molecule has 2 heterocycles. The number of carbonyl (C=O) groups excluding carboxylic acids is 3. The first-order chi connectivity index (χ1) is 13.9. The first-order valence-corrected chi connectivity index (χ1v) is 9.95. The number of nitro benzene ring substituents is 1. The Hall–Kier alpha value is -3.21. The molecule has 0 saturated heterocycles. The summed E-state index contributed by atoms with van der Waals surface area (Å²) in [7, 11) is 0. The first-order valence-electron chi connectivity index (χ1n) is 9.14. The summed E-state index contributed by atoms with van der Waals surface area (Å²) in [6.45, 7) is 3.92. The Morgan fingerprint density at radius 2 is 1.97 bits per heavy atom. The molecular weight excluding hydrogens is 398 g/mol. The number of nitro groups is 1. The van der Waals surface area contributed by atoms with E-state index in [1.807, 2.05) is 0 Å². The number of hydrogen-bond donors (Lipinski definition) is 1. The molecule has 0 saturated carbocycles. The molecule has 152 valence electrons. The van der Waals surface area contributed by atoms with Gasteiger partial charge in [0, 0.05) is 24.9 Å². The molecule has 1 aliphatic heterocycles. The summed E-state index contributed by atoms with van der Waals surface area (Å²) in [6, 6.07) is 3.89. The van der Waals surface area contributed by atoms with Gasteiger partial charge < -0.3 is 5.32 Å². The van der Waals surface area contributed by atoms with Gasteiger partial charge in [0.1, 0.15) is 10.6 Å². The van der Waals surface area contributed by atoms with E-state index in [2.05, 4.69) is 29.4 Å². The minimum absolute atomic E-state index is 0.0245. The Bertz CT molecular complexity index is 985. The Morgan fingerprint density at radius 1 is 1.24 bits per heavy atom. The van der Waals surface area contributed by atoms with E-state index in [-0.39, 0.29) is 30.0 Å². The van der Waals surface area contributed by atoms with Crippen LogP contribution in [0.1, 0.15) is 64.8 Å². The second-order valence-corrected chi connectivity index (χ2v) is 7.48. The molecule has 0 fully saturated rings. The quantitative estimate of drug-likeness (QED) is 0.396. The van der Waals surface area contributed by atoms with Crippen molar-refractivity contribution in [1.82, 2.24) is 15.1 Å². The lowest BCUT2D eigenvalue weighted by molar-refractivity contribution is -0.385. The molecule has 2 aromatic rings. The number of amides is 3. The molecular formula is C18H19N5O5S. The predicted molar refractivity (Wildman–Crippen MR) is 105 cm³/mol. The van der Waals surface area contributed by atoms with Crippen molar-refractivity contribution >= 4 is 39.9 Å². The monoisotopic (exact) mass is 417 g/mol. The molecule has 1 aromatic heterocycles.